The number of benzene rings is 2. The standard InChI is InChI=1S/C16H11BrN2O3/c17-12-6-15-14(21-9-22-15)5-10(12)7-19-8-18-13-4-2-1-3-11(13)16(19)20/h1-6,8H,7,9H2. The van der Waals surface area contributed by atoms with Crippen LogP contribution in [0.5, 0.6) is 11.5 Å². The maximum atomic E-state index is 12.5. The first-order valence-corrected chi connectivity index (χ1v) is 7.54. The van der Waals surface area contributed by atoms with Crippen molar-refractivity contribution in [3.8, 4) is 11.5 Å². The molecule has 0 atom stereocenters. The van der Waals surface area contributed by atoms with E-state index >= 15 is 0 Å². The predicted octanol–water partition coefficient (Wildman–Crippen LogP) is 2.94. The molecule has 22 heavy (non-hydrogen) atoms. The van der Waals surface area contributed by atoms with Crippen molar-refractivity contribution in [2.75, 3.05) is 6.79 Å². The molecule has 110 valence electrons. The van der Waals surface area contributed by atoms with E-state index in [-0.39, 0.29) is 12.4 Å². The van der Waals surface area contributed by atoms with Crippen LogP contribution in [0, 0.1) is 0 Å². The first-order valence-electron chi connectivity index (χ1n) is 6.74. The smallest absolute Gasteiger partial charge is 0.261 e. The number of hydrogen-bond donors (Lipinski definition) is 0. The Bertz CT molecular complexity index is 936. The van der Waals surface area contributed by atoms with Gasteiger partial charge in [-0.3, -0.25) is 9.36 Å². The van der Waals surface area contributed by atoms with Crippen molar-refractivity contribution >= 4 is 26.8 Å². The van der Waals surface area contributed by atoms with Crippen molar-refractivity contribution in [3.05, 3.63) is 63.1 Å². The fourth-order valence-corrected chi connectivity index (χ4v) is 2.93. The van der Waals surface area contributed by atoms with Gasteiger partial charge in [0.05, 0.1) is 23.8 Å². The van der Waals surface area contributed by atoms with E-state index in [4.69, 9.17) is 9.47 Å². The van der Waals surface area contributed by atoms with Gasteiger partial charge in [0.2, 0.25) is 6.79 Å². The van der Waals surface area contributed by atoms with Crippen molar-refractivity contribution in [1.29, 1.82) is 0 Å². The maximum Gasteiger partial charge on any atom is 0.261 e. The second kappa shape index (κ2) is 5.14. The van der Waals surface area contributed by atoms with Crippen molar-refractivity contribution < 1.29 is 9.47 Å². The molecule has 0 saturated carbocycles. The number of aromatic nitrogens is 2. The highest BCUT2D eigenvalue weighted by Crippen LogP contribution is 2.37. The Kier molecular flexibility index (Phi) is 3.11. The van der Waals surface area contributed by atoms with E-state index in [9.17, 15) is 4.79 Å². The summed E-state index contributed by atoms with van der Waals surface area (Å²) in [6, 6.07) is 11.1. The molecule has 0 aliphatic carbocycles. The van der Waals surface area contributed by atoms with Crippen LogP contribution in [0.4, 0.5) is 0 Å². The normalized spacial score (nSPS) is 12.8. The Balaban J connectivity index is 1.78. The molecule has 0 saturated heterocycles. The van der Waals surface area contributed by atoms with Crippen LogP contribution in [-0.4, -0.2) is 16.3 Å². The van der Waals surface area contributed by atoms with Gasteiger partial charge in [-0.25, -0.2) is 4.98 Å². The van der Waals surface area contributed by atoms with Crippen LogP contribution >= 0.6 is 15.9 Å². The molecule has 0 fully saturated rings. The van der Waals surface area contributed by atoms with Gasteiger partial charge in [0.25, 0.3) is 5.56 Å². The van der Waals surface area contributed by atoms with Crippen LogP contribution < -0.4 is 15.0 Å². The highest BCUT2D eigenvalue weighted by atomic mass is 79.9. The molecule has 5 nitrogen and oxygen atoms in total. The summed E-state index contributed by atoms with van der Waals surface area (Å²) in [6.07, 6.45) is 1.57. The predicted molar refractivity (Wildman–Crippen MR) is 85.4 cm³/mol. The van der Waals surface area contributed by atoms with Gasteiger partial charge in [-0.05, 0) is 29.8 Å². The van der Waals surface area contributed by atoms with E-state index in [1.165, 1.54) is 0 Å². The van der Waals surface area contributed by atoms with Gasteiger partial charge in [0.15, 0.2) is 11.5 Å². The van der Waals surface area contributed by atoms with Gasteiger partial charge < -0.3 is 9.47 Å². The third-order valence-corrected chi connectivity index (χ3v) is 4.35. The van der Waals surface area contributed by atoms with Crippen molar-refractivity contribution in [2.24, 2.45) is 0 Å². The third-order valence-electron chi connectivity index (χ3n) is 3.61. The zero-order chi connectivity index (χ0) is 15.1. The maximum absolute atomic E-state index is 12.5. The third kappa shape index (κ3) is 2.16. The number of fused-ring (bicyclic) bond motifs is 2. The average molecular weight is 359 g/mol. The van der Waals surface area contributed by atoms with Gasteiger partial charge in [-0.2, -0.15) is 0 Å². The topological polar surface area (TPSA) is 53.4 Å². The summed E-state index contributed by atoms with van der Waals surface area (Å²) in [4.78, 5) is 16.9. The Morgan fingerprint density at radius 2 is 1.95 bits per heavy atom. The lowest BCUT2D eigenvalue weighted by Crippen LogP contribution is -2.21. The molecule has 0 radical (unpaired) electrons. The first-order chi connectivity index (χ1) is 10.7. The molecule has 1 aliphatic rings. The number of halogens is 1. The molecular formula is C16H11BrN2O3. The minimum absolute atomic E-state index is 0.0600. The second-order valence-electron chi connectivity index (χ2n) is 4.99. The monoisotopic (exact) mass is 358 g/mol. The van der Waals surface area contributed by atoms with Gasteiger partial charge >= 0.3 is 0 Å². The van der Waals surface area contributed by atoms with E-state index in [2.05, 4.69) is 20.9 Å². The minimum Gasteiger partial charge on any atom is -0.454 e. The van der Waals surface area contributed by atoms with Crippen molar-refractivity contribution in [2.45, 2.75) is 6.54 Å². The highest BCUT2D eigenvalue weighted by molar-refractivity contribution is 9.10. The summed E-state index contributed by atoms with van der Waals surface area (Å²) >= 11 is 3.51. The van der Waals surface area contributed by atoms with Crippen LogP contribution in [0.3, 0.4) is 0 Å². The van der Waals surface area contributed by atoms with Crippen LogP contribution in [0.2, 0.25) is 0 Å². The lowest BCUT2D eigenvalue weighted by atomic mass is 10.2. The van der Waals surface area contributed by atoms with E-state index in [0.717, 1.165) is 10.0 Å². The molecule has 0 unspecified atom stereocenters. The number of rotatable bonds is 2. The molecule has 2 aromatic carbocycles. The van der Waals surface area contributed by atoms with Crippen molar-refractivity contribution in [1.82, 2.24) is 9.55 Å². The minimum atomic E-state index is -0.0600. The van der Waals surface area contributed by atoms with Gasteiger partial charge in [-0.15, -0.1) is 0 Å². The number of nitrogens with zero attached hydrogens (tertiary/aromatic N) is 2. The highest BCUT2D eigenvalue weighted by Gasteiger charge is 2.17. The van der Waals surface area contributed by atoms with Crippen LogP contribution in [0.25, 0.3) is 10.9 Å². The van der Waals surface area contributed by atoms with E-state index in [0.29, 0.717) is 28.9 Å². The van der Waals surface area contributed by atoms with E-state index in [1.54, 1.807) is 17.0 Å². The largest absolute Gasteiger partial charge is 0.454 e. The molecule has 1 aliphatic heterocycles. The molecule has 0 spiro atoms. The Hall–Kier alpha value is -2.34. The quantitative estimate of drug-likeness (QED) is 0.706. The second-order valence-corrected chi connectivity index (χ2v) is 5.85. The summed E-state index contributed by atoms with van der Waals surface area (Å²) < 4.78 is 13.2. The van der Waals surface area contributed by atoms with Crippen LogP contribution in [0.1, 0.15) is 5.56 Å². The number of hydrogen-bond acceptors (Lipinski definition) is 4. The lowest BCUT2D eigenvalue weighted by molar-refractivity contribution is 0.174. The van der Waals surface area contributed by atoms with Gasteiger partial charge in [0.1, 0.15) is 0 Å². The van der Waals surface area contributed by atoms with Gasteiger partial charge in [0, 0.05) is 4.47 Å². The van der Waals surface area contributed by atoms with Crippen LogP contribution in [-0.2, 0) is 6.54 Å². The Labute approximate surface area is 134 Å². The zero-order valence-corrected chi connectivity index (χ0v) is 13.0. The lowest BCUT2D eigenvalue weighted by Gasteiger charge is -2.09. The summed E-state index contributed by atoms with van der Waals surface area (Å²) in [5.41, 5.74) is 1.58. The molecule has 6 heteroatoms. The van der Waals surface area contributed by atoms with E-state index in [1.807, 2.05) is 30.3 Å². The molecule has 3 aromatic rings. The summed E-state index contributed by atoms with van der Waals surface area (Å²) in [7, 11) is 0. The SMILES string of the molecule is O=c1c2ccccc2ncn1Cc1cc2c(cc1Br)OCO2. The van der Waals surface area contributed by atoms with Gasteiger partial charge in [-0.1, -0.05) is 28.1 Å². The Morgan fingerprint density at radius 1 is 1.18 bits per heavy atom. The Morgan fingerprint density at radius 3 is 2.82 bits per heavy atom. The first kappa shape index (κ1) is 13.3. The zero-order valence-electron chi connectivity index (χ0n) is 11.5. The molecule has 1 aromatic heterocycles. The molecule has 0 amide bonds. The fraction of sp³-hybridized carbons (Fsp3) is 0.125. The summed E-state index contributed by atoms with van der Waals surface area (Å²) in [5, 5.41) is 0.613. The number of para-hydroxylation sites is 1. The number of ether oxygens (including phenoxy) is 2. The van der Waals surface area contributed by atoms with E-state index < -0.39 is 0 Å². The fourth-order valence-electron chi connectivity index (χ4n) is 2.48. The summed E-state index contributed by atoms with van der Waals surface area (Å²) in [6.45, 7) is 0.636. The molecule has 4 rings (SSSR count). The molecule has 0 N–H and O–H groups in total. The molecule has 0 bridgehead atoms. The van der Waals surface area contributed by atoms with Crippen molar-refractivity contribution in [3.63, 3.8) is 0 Å². The van der Waals surface area contributed by atoms with Crippen LogP contribution in [0.15, 0.2) is 52.0 Å². The molecular weight excluding hydrogens is 348 g/mol. The average Bonchev–Trinajstić information content (AvgIpc) is 2.97. The summed E-state index contributed by atoms with van der Waals surface area (Å²) in [5.74, 6) is 1.40. The molecule has 2 heterocycles.